The Bertz CT molecular complexity index is 773. The second-order valence-electron chi connectivity index (χ2n) is 5.89. The number of alkyl halides is 2. The molecule has 7 nitrogen and oxygen atoms in total. The van der Waals surface area contributed by atoms with E-state index in [4.69, 9.17) is 16.3 Å². The van der Waals surface area contributed by atoms with Crippen molar-refractivity contribution in [2.45, 2.75) is 44.6 Å². The number of aryl methyl sites for hydroxylation is 1. The van der Waals surface area contributed by atoms with Crippen LogP contribution >= 0.6 is 11.6 Å². The minimum absolute atomic E-state index is 0.0539. The second-order valence-corrected chi connectivity index (χ2v) is 6.28. The predicted molar refractivity (Wildman–Crippen MR) is 85.3 cm³/mol. The molecule has 0 bridgehead atoms. The van der Waals surface area contributed by atoms with Crippen LogP contribution in [-0.2, 0) is 0 Å². The molecule has 0 unspecified atom stereocenters. The molecule has 1 saturated carbocycles. The van der Waals surface area contributed by atoms with Gasteiger partial charge in [0.1, 0.15) is 5.15 Å². The lowest BCUT2D eigenvalue weighted by Crippen LogP contribution is -2.41. The average molecular weight is 372 g/mol. The van der Waals surface area contributed by atoms with Gasteiger partial charge < -0.3 is 10.1 Å². The first kappa shape index (κ1) is 17.5. The van der Waals surface area contributed by atoms with Gasteiger partial charge in [0.25, 0.3) is 5.95 Å². The molecule has 0 aromatic carbocycles. The van der Waals surface area contributed by atoms with Crippen molar-refractivity contribution in [1.29, 1.82) is 0 Å². The predicted octanol–water partition coefficient (Wildman–Crippen LogP) is 3.29. The van der Waals surface area contributed by atoms with Crippen LogP contribution in [0.5, 0.6) is 5.88 Å². The molecule has 2 aromatic heterocycles. The van der Waals surface area contributed by atoms with E-state index in [0.717, 1.165) is 5.69 Å². The highest BCUT2D eigenvalue weighted by Gasteiger charge is 2.35. The number of rotatable bonds is 3. The van der Waals surface area contributed by atoms with E-state index in [9.17, 15) is 13.6 Å². The molecular weight excluding hydrogens is 356 g/mol. The van der Waals surface area contributed by atoms with Gasteiger partial charge in [0, 0.05) is 31.1 Å². The van der Waals surface area contributed by atoms with Gasteiger partial charge in [-0.1, -0.05) is 11.6 Å². The fourth-order valence-corrected chi connectivity index (χ4v) is 2.71. The van der Waals surface area contributed by atoms with Crippen molar-refractivity contribution >= 4 is 17.7 Å². The summed E-state index contributed by atoms with van der Waals surface area (Å²) in [5.74, 6) is -2.55. The summed E-state index contributed by atoms with van der Waals surface area (Å²) in [5, 5.41) is 6.80. The highest BCUT2D eigenvalue weighted by atomic mass is 35.5. The van der Waals surface area contributed by atoms with Gasteiger partial charge in [-0.3, -0.25) is 0 Å². The molecule has 3 rings (SSSR count). The molecule has 10 heteroatoms. The summed E-state index contributed by atoms with van der Waals surface area (Å²) in [6, 6.07) is 2.70. The van der Waals surface area contributed by atoms with Crippen molar-refractivity contribution in [2.24, 2.45) is 0 Å². The molecule has 1 aliphatic carbocycles. The van der Waals surface area contributed by atoms with E-state index in [1.165, 1.54) is 10.7 Å². The lowest BCUT2D eigenvalue weighted by atomic mass is 9.92. The van der Waals surface area contributed by atoms with Crippen molar-refractivity contribution in [1.82, 2.24) is 25.1 Å². The molecule has 1 amide bonds. The van der Waals surface area contributed by atoms with Crippen molar-refractivity contribution in [3.8, 4) is 11.8 Å². The Morgan fingerprint density at radius 1 is 1.40 bits per heavy atom. The van der Waals surface area contributed by atoms with Gasteiger partial charge >= 0.3 is 6.09 Å². The second kappa shape index (κ2) is 6.91. The number of aromatic nitrogens is 4. The molecule has 1 fully saturated rings. The quantitative estimate of drug-likeness (QED) is 0.837. The number of nitrogens with one attached hydrogen (secondary N) is 1. The van der Waals surface area contributed by atoms with Gasteiger partial charge in [0.05, 0.1) is 5.69 Å². The zero-order valence-corrected chi connectivity index (χ0v) is 14.1. The van der Waals surface area contributed by atoms with Crippen molar-refractivity contribution in [3.05, 3.63) is 29.2 Å². The zero-order valence-electron chi connectivity index (χ0n) is 13.4. The summed E-state index contributed by atoms with van der Waals surface area (Å²) in [5.41, 5.74) is 0.762. The number of ether oxygens (including phenoxy) is 1. The SMILES string of the molecule is Cc1ccn(-c2nc(Cl)cc(OC(=O)NC3CCC(F)(F)CC3)n2)n1. The molecule has 0 spiro atoms. The summed E-state index contributed by atoms with van der Waals surface area (Å²) < 4.78 is 32.8. The normalized spacial score (nSPS) is 17.3. The highest BCUT2D eigenvalue weighted by Crippen LogP contribution is 2.33. The molecule has 0 radical (unpaired) electrons. The van der Waals surface area contributed by atoms with E-state index in [1.807, 2.05) is 0 Å². The molecule has 1 N–H and O–H groups in total. The van der Waals surface area contributed by atoms with E-state index in [2.05, 4.69) is 20.4 Å². The van der Waals surface area contributed by atoms with Gasteiger partial charge in [-0.2, -0.15) is 15.1 Å². The van der Waals surface area contributed by atoms with Crippen LogP contribution in [0.2, 0.25) is 5.15 Å². The Balaban J connectivity index is 1.64. The molecule has 0 atom stereocenters. The molecule has 0 aliphatic heterocycles. The Labute approximate surface area is 147 Å². The highest BCUT2D eigenvalue weighted by molar-refractivity contribution is 6.29. The van der Waals surface area contributed by atoms with E-state index in [0.29, 0.717) is 0 Å². The minimum Gasteiger partial charge on any atom is -0.391 e. The summed E-state index contributed by atoms with van der Waals surface area (Å²) in [7, 11) is 0. The van der Waals surface area contributed by atoms with Crippen LogP contribution in [0.25, 0.3) is 5.95 Å². The molecule has 0 saturated heterocycles. The Kier molecular flexibility index (Phi) is 4.85. The minimum atomic E-state index is -2.65. The molecule has 2 heterocycles. The van der Waals surface area contributed by atoms with Crippen LogP contribution in [0.3, 0.4) is 0 Å². The average Bonchev–Trinajstić information content (AvgIpc) is 2.95. The monoisotopic (exact) mass is 371 g/mol. The molecule has 2 aromatic rings. The van der Waals surface area contributed by atoms with E-state index < -0.39 is 12.0 Å². The van der Waals surface area contributed by atoms with Crippen LogP contribution in [0, 0.1) is 6.92 Å². The van der Waals surface area contributed by atoms with Crippen LogP contribution in [0.1, 0.15) is 31.4 Å². The largest absolute Gasteiger partial charge is 0.414 e. The third kappa shape index (κ3) is 4.62. The van der Waals surface area contributed by atoms with Crippen LogP contribution < -0.4 is 10.1 Å². The van der Waals surface area contributed by atoms with Crippen LogP contribution in [0.15, 0.2) is 18.3 Å². The first-order chi connectivity index (χ1) is 11.8. The number of halogens is 3. The molecule has 25 heavy (non-hydrogen) atoms. The summed E-state index contributed by atoms with van der Waals surface area (Å²) in [6.07, 6.45) is 0.773. The maximum Gasteiger partial charge on any atom is 0.414 e. The van der Waals surface area contributed by atoms with Crippen molar-refractivity contribution in [2.75, 3.05) is 0 Å². The standard InChI is InChI=1S/C15H16ClF2N5O2/c1-9-4-7-23(22-9)13-20-11(16)8-12(21-13)25-14(24)19-10-2-5-15(17,18)6-3-10/h4,7-8,10H,2-3,5-6H2,1H3,(H,19,24). The Hall–Kier alpha value is -2.29. The number of carbonyl (C=O) groups is 1. The lowest BCUT2D eigenvalue weighted by Gasteiger charge is -2.28. The first-order valence-corrected chi connectivity index (χ1v) is 8.12. The topological polar surface area (TPSA) is 81.9 Å². The number of hydrogen-bond donors (Lipinski definition) is 1. The Morgan fingerprint density at radius 3 is 2.76 bits per heavy atom. The zero-order chi connectivity index (χ0) is 18.0. The summed E-state index contributed by atoms with van der Waals surface area (Å²) in [4.78, 5) is 20.0. The van der Waals surface area contributed by atoms with Gasteiger partial charge in [-0.25, -0.2) is 18.3 Å². The smallest absolute Gasteiger partial charge is 0.391 e. The summed E-state index contributed by atoms with van der Waals surface area (Å²) in [6.45, 7) is 1.81. The summed E-state index contributed by atoms with van der Waals surface area (Å²) >= 11 is 5.93. The maximum atomic E-state index is 13.1. The fraction of sp³-hybridized carbons (Fsp3) is 0.467. The number of nitrogens with zero attached hydrogens (tertiary/aromatic N) is 4. The van der Waals surface area contributed by atoms with E-state index in [1.54, 1.807) is 19.2 Å². The van der Waals surface area contributed by atoms with Gasteiger partial charge in [-0.05, 0) is 25.8 Å². The molecule has 134 valence electrons. The first-order valence-electron chi connectivity index (χ1n) is 7.74. The number of hydrogen-bond acceptors (Lipinski definition) is 5. The van der Waals surface area contributed by atoms with Crippen LogP contribution in [-0.4, -0.2) is 37.8 Å². The van der Waals surface area contributed by atoms with Gasteiger partial charge in [0.2, 0.25) is 11.8 Å². The van der Waals surface area contributed by atoms with E-state index >= 15 is 0 Å². The third-order valence-electron chi connectivity index (χ3n) is 3.82. The fourth-order valence-electron chi connectivity index (χ4n) is 2.54. The van der Waals surface area contributed by atoms with Crippen molar-refractivity contribution < 1.29 is 18.3 Å². The number of carbonyl (C=O) groups excluding carboxylic acids is 1. The van der Waals surface area contributed by atoms with E-state index in [-0.39, 0.29) is 48.7 Å². The van der Waals surface area contributed by atoms with Gasteiger partial charge in [0.15, 0.2) is 0 Å². The van der Waals surface area contributed by atoms with Crippen LogP contribution in [0.4, 0.5) is 13.6 Å². The number of amides is 1. The lowest BCUT2D eigenvalue weighted by molar-refractivity contribution is -0.0399. The molecule has 1 aliphatic rings. The molecular formula is C15H16ClF2N5O2. The maximum absolute atomic E-state index is 13.1. The van der Waals surface area contributed by atoms with Crippen molar-refractivity contribution in [3.63, 3.8) is 0 Å². The van der Waals surface area contributed by atoms with Gasteiger partial charge in [-0.15, -0.1) is 0 Å². The Morgan fingerprint density at radius 2 is 2.12 bits per heavy atom. The third-order valence-corrected chi connectivity index (χ3v) is 4.02.